The minimum atomic E-state index is -1.75. The molecular formula is C16H35N3O3. The Bertz CT molecular complexity index is 345. The predicted octanol–water partition coefficient (Wildman–Crippen LogP) is 2.50. The van der Waals surface area contributed by atoms with Gasteiger partial charge in [0.1, 0.15) is 5.54 Å². The molecule has 1 fully saturated rings. The highest BCUT2D eigenvalue weighted by molar-refractivity contribution is 5.10. The largest absolute Gasteiger partial charge is 0.356 e. The van der Waals surface area contributed by atoms with Crippen molar-refractivity contribution in [3.8, 4) is 0 Å². The monoisotopic (exact) mass is 317 g/mol. The van der Waals surface area contributed by atoms with Crippen LogP contribution in [0.4, 0.5) is 0 Å². The van der Waals surface area contributed by atoms with E-state index in [2.05, 4.69) is 53.9 Å². The molecule has 0 amide bonds. The molecule has 1 atom stereocenters. The van der Waals surface area contributed by atoms with Crippen molar-refractivity contribution in [1.29, 1.82) is 0 Å². The summed E-state index contributed by atoms with van der Waals surface area (Å²) in [6, 6.07) is 0. The summed E-state index contributed by atoms with van der Waals surface area (Å²) < 4.78 is 0. The summed E-state index contributed by atoms with van der Waals surface area (Å²) in [4.78, 5) is 9.98. The van der Waals surface area contributed by atoms with E-state index in [1.165, 1.54) is 38.5 Å². The van der Waals surface area contributed by atoms with Gasteiger partial charge in [0.25, 0.3) is 0 Å². The maximum atomic E-state index is 8.25. The van der Waals surface area contributed by atoms with Crippen molar-refractivity contribution in [2.75, 3.05) is 7.05 Å². The first kappa shape index (κ1) is 21.1. The highest BCUT2D eigenvalue weighted by Gasteiger charge is 2.66. The molecule has 0 aromatic heterocycles. The van der Waals surface area contributed by atoms with Gasteiger partial charge in [-0.2, -0.15) is 0 Å². The van der Waals surface area contributed by atoms with Crippen molar-refractivity contribution in [2.45, 2.75) is 96.8 Å². The van der Waals surface area contributed by atoms with Crippen molar-refractivity contribution < 1.29 is 9.99 Å². The SMILES string of the molecule is CCC1(CC)NC(CC)(CC)C(CC)(CC)[NH+]1C.O=[N+]([O-])[O-]. The van der Waals surface area contributed by atoms with Gasteiger partial charge in [-0.05, 0) is 12.8 Å². The molecule has 1 unspecified atom stereocenters. The van der Waals surface area contributed by atoms with E-state index in [1.807, 2.05) is 0 Å². The van der Waals surface area contributed by atoms with Crippen LogP contribution in [-0.4, -0.2) is 28.9 Å². The molecule has 0 bridgehead atoms. The van der Waals surface area contributed by atoms with Gasteiger partial charge in [-0.3, -0.25) is 5.32 Å². The van der Waals surface area contributed by atoms with E-state index in [1.54, 1.807) is 4.90 Å². The van der Waals surface area contributed by atoms with Crippen LogP contribution in [0.15, 0.2) is 0 Å². The molecule has 0 aromatic rings. The van der Waals surface area contributed by atoms with Crippen LogP contribution >= 0.6 is 0 Å². The van der Waals surface area contributed by atoms with Crippen molar-refractivity contribution >= 4 is 0 Å². The lowest BCUT2D eigenvalue weighted by Gasteiger charge is -2.44. The lowest BCUT2D eigenvalue weighted by atomic mass is 9.70. The second-order valence-electron chi connectivity index (χ2n) is 6.34. The Kier molecular flexibility index (Phi) is 7.78. The van der Waals surface area contributed by atoms with Gasteiger partial charge in [-0.15, -0.1) is 0 Å². The molecule has 0 saturated carbocycles. The first-order valence-corrected chi connectivity index (χ1v) is 8.66. The van der Waals surface area contributed by atoms with Gasteiger partial charge in [-0.25, -0.2) is 0 Å². The van der Waals surface area contributed by atoms with Crippen LogP contribution in [0.3, 0.4) is 0 Å². The number of quaternary nitrogens is 1. The van der Waals surface area contributed by atoms with E-state index in [0.717, 1.165) is 0 Å². The van der Waals surface area contributed by atoms with Gasteiger partial charge < -0.3 is 20.2 Å². The Labute approximate surface area is 135 Å². The molecular weight excluding hydrogens is 282 g/mol. The Morgan fingerprint density at radius 1 is 0.864 bits per heavy atom. The molecule has 0 radical (unpaired) electrons. The second kappa shape index (κ2) is 8.11. The quantitative estimate of drug-likeness (QED) is 0.582. The van der Waals surface area contributed by atoms with Gasteiger partial charge in [0.05, 0.1) is 17.7 Å². The van der Waals surface area contributed by atoms with E-state index in [9.17, 15) is 0 Å². The maximum absolute atomic E-state index is 8.25. The van der Waals surface area contributed by atoms with E-state index in [4.69, 9.17) is 15.3 Å². The van der Waals surface area contributed by atoms with E-state index < -0.39 is 5.09 Å². The molecule has 6 heteroatoms. The Hall–Kier alpha value is -0.880. The zero-order valence-corrected chi connectivity index (χ0v) is 15.4. The minimum Gasteiger partial charge on any atom is -0.356 e. The Morgan fingerprint density at radius 3 is 1.41 bits per heavy atom. The van der Waals surface area contributed by atoms with Gasteiger partial charge in [0.2, 0.25) is 0 Å². The highest BCUT2D eigenvalue weighted by atomic mass is 16.9. The lowest BCUT2D eigenvalue weighted by molar-refractivity contribution is -0.973. The minimum absolute atomic E-state index is 0.276. The maximum Gasteiger partial charge on any atom is 0.151 e. The summed E-state index contributed by atoms with van der Waals surface area (Å²) in [5, 5.41) is 18.9. The van der Waals surface area contributed by atoms with Gasteiger partial charge >= 0.3 is 0 Å². The molecule has 22 heavy (non-hydrogen) atoms. The average molecular weight is 317 g/mol. The summed E-state index contributed by atoms with van der Waals surface area (Å²) in [5.74, 6) is 0. The summed E-state index contributed by atoms with van der Waals surface area (Å²) in [5.41, 5.74) is 0.979. The molecule has 1 aliphatic rings. The summed E-state index contributed by atoms with van der Waals surface area (Å²) in [6.07, 6.45) is 7.46. The molecule has 2 N–H and O–H groups in total. The van der Waals surface area contributed by atoms with Gasteiger partial charge in [0, 0.05) is 25.7 Å². The zero-order chi connectivity index (χ0) is 17.6. The van der Waals surface area contributed by atoms with Crippen molar-refractivity contribution in [1.82, 2.24) is 5.32 Å². The number of nitrogens with one attached hydrogen (secondary N) is 2. The number of rotatable bonds is 6. The van der Waals surface area contributed by atoms with Gasteiger partial charge in [-0.1, -0.05) is 41.5 Å². The molecule has 132 valence electrons. The normalized spacial score (nSPS) is 24.4. The van der Waals surface area contributed by atoms with E-state index in [0.29, 0.717) is 11.1 Å². The first-order chi connectivity index (χ1) is 10.2. The van der Waals surface area contributed by atoms with Gasteiger partial charge in [0.15, 0.2) is 5.66 Å². The van der Waals surface area contributed by atoms with Crippen LogP contribution in [0.1, 0.15) is 80.1 Å². The van der Waals surface area contributed by atoms with Crippen LogP contribution in [0.5, 0.6) is 0 Å². The molecule has 0 spiro atoms. The van der Waals surface area contributed by atoms with Crippen LogP contribution in [0.2, 0.25) is 0 Å². The molecule has 1 heterocycles. The number of hydrogen-bond acceptors (Lipinski definition) is 4. The molecule has 0 aromatic carbocycles. The second-order valence-corrected chi connectivity index (χ2v) is 6.34. The number of hydrogen-bond donors (Lipinski definition) is 2. The molecule has 1 saturated heterocycles. The van der Waals surface area contributed by atoms with Crippen molar-refractivity contribution in [3.63, 3.8) is 0 Å². The molecule has 6 nitrogen and oxygen atoms in total. The summed E-state index contributed by atoms with van der Waals surface area (Å²) in [7, 11) is 2.43. The number of likely N-dealkylation sites (N-methyl/N-ethyl adjacent to an activating group) is 1. The fourth-order valence-electron chi connectivity index (χ4n) is 5.01. The molecule has 1 aliphatic heterocycles. The summed E-state index contributed by atoms with van der Waals surface area (Å²) >= 11 is 0. The van der Waals surface area contributed by atoms with E-state index in [-0.39, 0.29) is 5.66 Å². The van der Waals surface area contributed by atoms with E-state index >= 15 is 0 Å². The highest BCUT2D eigenvalue weighted by Crippen LogP contribution is 2.39. The first-order valence-electron chi connectivity index (χ1n) is 8.66. The topological polar surface area (TPSA) is 82.7 Å². The predicted molar refractivity (Wildman–Crippen MR) is 90.3 cm³/mol. The fraction of sp³-hybridized carbons (Fsp3) is 1.00. The average Bonchev–Trinajstić information content (AvgIpc) is 2.73. The smallest absolute Gasteiger partial charge is 0.151 e. The summed E-state index contributed by atoms with van der Waals surface area (Å²) in [6.45, 7) is 14.2. The number of nitrogens with zero attached hydrogens (tertiary/aromatic N) is 1. The van der Waals surface area contributed by atoms with Crippen LogP contribution in [0.25, 0.3) is 0 Å². The third kappa shape index (κ3) is 3.23. The fourth-order valence-corrected chi connectivity index (χ4v) is 5.01. The Balaban J connectivity index is 0.000000980. The third-order valence-corrected chi connectivity index (χ3v) is 6.45. The van der Waals surface area contributed by atoms with Crippen LogP contribution < -0.4 is 10.2 Å². The standard InChI is InChI=1S/C16H34N2.NO3/c1-8-14(9-2)15(10-3,11-4)18(7)16(12-5,13-6)17-14;2-1(3)4/h17H,8-13H2,1-7H3;/q;-1/p+1. The van der Waals surface area contributed by atoms with Crippen molar-refractivity contribution in [3.05, 3.63) is 15.3 Å². The Morgan fingerprint density at radius 2 is 1.23 bits per heavy atom. The third-order valence-electron chi connectivity index (χ3n) is 6.45. The molecule has 0 aliphatic carbocycles. The zero-order valence-electron chi connectivity index (χ0n) is 15.4. The molecule has 1 rings (SSSR count). The lowest BCUT2D eigenvalue weighted by Crippen LogP contribution is -3.23. The van der Waals surface area contributed by atoms with Crippen LogP contribution in [0, 0.1) is 15.3 Å². The van der Waals surface area contributed by atoms with Crippen LogP contribution in [-0.2, 0) is 0 Å². The van der Waals surface area contributed by atoms with Crippen molar-refractivity contribution in [2.24, 2.45) is 0 Å².